The SMILES string of the molecule is CNCc1cc(Cl)cc(Cl)c1OCCCC(=O)N(C)C. The number of ether oxygens (including phenoxy) is 1. The van der Waals surface area contributed by atoms with Crippen molar-refractivity contribution in [2.75, 3.05) is 27.7 Å². The predicted molar refractivity (Wildman–Crippen MR) is 82.6 cm³/mol. The van der Waals surface area contributed by atoms with Crippen LogP contribution in [0.25, 0.3) is 0 Å². The van der Waals surface area contributed by atoms with Crippen LogP contribution in [0.3, 0.4) is 0 Å². The van der Waals surface area contributed by atoms with Crippen molar-refractivity contribution < 1.29 is 9.53 Å². The minimum atomic E-state index is 0.0891. The van der Waals surface area contributed by atoms with Gasteiger partial charge in [-0.15, -0.1) is 0 Å². The van der Waals surface area contributed by atoms with E-state index in [2.05, 4.69) is 5.32 Å². The molecule has 1 aromatic rings. The fourth-order valence-electron chi connectivity index (χ4n) is 1.72. The number of rotatable bonds is 7. The van der Waals surface area contributed by atoms with Gasteiger partial charge in [0.2, 0.25) is 5.91 Å². The molecule has 112 valence electrons. The minimum Gasteiger partial charge on any atom is -0.492 e. The third-order valence-corrected chi connectivity index (χ3v) is 3.23. The summed E-state index contributed by atoms with van der Waals surface area (Å²) in [6, 6.07) is 3.48. The quantitative estimate of drug-likeness (QED) is 0.786. The van der Waals surface area contributed by atoms with Crippen LogP contribution in [0.2, 0.25) is 10.0 Å². The summed E-state index contributed by atoms with van der Waals surface area (Å²) in [6.45, 7) is 1.06. The Bertz CT molecular complexity index is 465. The van der Waals surface area contributed by atoms with Gasteiger partial charge in [0, 0.05) is 37.6 Å². The maximum atomic E-state index is 11.5. The standard InChI is InChI=1S/C14H20Cl2N2O2/c1-17-9-10-7-11(15)8-12(16)14(10)20-6-4-5-13(19)18(2)3/h7-8,17H,4-6,9H2,1-3H3. The zero-order valence-electron chi connectivity index (χ0n) is 12.0. The molecule has 1 aromatic carbocycles. The number of amides is 1. The molecule has 0 bridgehead atoms. The van der Waals surface area contributed by atoms with Gasteiger partial charge in [-0.2, -0.15) is 0 Å². The Morgan fingerprint density at radius 2 is 2.05 bits per heavy atom. The topological polar surface area (TPSA) is 41.6 Å². The van der Waals surface area contributed by atoms with Crippen molar-refractivity contribution >= 4 is 29.1 Å². The van der Waals surface area contributed by atoms with Crippen molar-refractivity contribution in [2.24, 2.45) is 0 Å². The number of nitrogens with zero attached hydrogens (tertiary/aromatic N) is 1. The average Bonchev–Trinajstić information content (AvgIpc) is 2.36. The molecule has 0 heterocycles. The second-order valence-electron chi connectivity index (χ2n) is 4.65. The van der Waals surface area contributed by atoms with Crippen LogP contribution >= 0.6 is 23.2 Å². The van der Waals surface area contributed by atoms with Gasteiger partial charge in [-0.3, -0.25) is 4.79 Å². The van der Waals surface area contributed by atoms with E-state index < -0.39 is 0 Å². The first kappa shape index (κ1) is 17.1. The van der Waals surface area contributed by atoms with Gasteiger partial charge in [-0.1, -0.05) is 23.2 Å². The molecular weight excluding hydrogens is 299 g/mol. The van der Waals surface area contributed by atoms with Crippen LogP contribution in [0.1, 0.15) is 18.4 Å². The van der Waals surface area contributed by atoms with Gasteiger partial charge in [-0.05, 0) is 25.6 Å². The number of halogens is 2. The summed E-state index contributed by atoms with van der Waals surface area (Å²) in [7, 11) is 5.32. The van der Waals surface area contributed by atoms with E-state index >= 15 is 0 Å². The normalized spacial score (nSPS) is 10.4. The van der Waals surface area contributed by atoms with E-state index in [-0.39, 0.29) is 5.91 Å². The molecule has 0 aliphatic carbocycles. The second-order valence-corrected chi connectivity index (χ2v) is 5.49. The molecule has 0 atom stereocenters. The van der Waals surface area contributed by atoms with Crippen LogP contribution < -0.4 is 10.1 Å². The smallest absolute Gasteiger partial charge is 0.222 e. The minimum absolute atomic E-state index is 0.0891. The van der Waals surface area contributed by atoms with Crippen molar-refractivity contribution in [3.63, 3.8) is 0 Å². The maximum absolute atomic E-state index is 11.5. The Labute approximate surface area is 130 Å². The lowest BCUT2D eigenvalue weighted by Gasteiger charge is -2.14. The average molecular weight is 319 g/mol. The second kappa shape index (κ2) is 8.35. The monoisotopic (exact) mass is 318 g/mol. The van der Waals surface area contributed by atoms with Crippen LogP contribution in [0, 0.1) is 0 Å². The number of carbonyl (C=O) groups excluding carboxylic acids is 1. The fraction of sp³-hybridized carbons (Fsp3) is 0.500. The van der Waals surface area contributed by atoms with E-state index in [9.17, 15) is 4.79 Å². The molecule has 0 radical (unpaired) electrons. The molecule has 0 saturated carbocycles. The van der Waals surface area contributed by atoms with Gasteiger partial charge in [0.1, 0.15) is 5.75 Å². The summed E-state index contributed by atoms with van der Waals surface area (Å²) in [6.07, 6.45) is 1.11. The van der Waals surface area contributed by atoms with Crippen molar-refractivity contribution in [2.45, 2.75) is 19.4 Å². The van der Waals surface area contributed by atoms with E-state index in [1.165, 1.54) is 0 Å². The van der Waals surface area contributed by atoms with Crippen molar-refractivity contribution in [1.29, 1.82) is 0 Å². The summed E-state index contributed by atoms with van der Waals surface area (Å²) < 4.78 is 5.70. The maximum Gasteiger partial charge on any atom is 0.222 e. The molecule has 4 nitrogen and oxygen atoms in total. The van der Waals surface area contributed by atoms with Crippen LogP contribution in [0.15, 0.2) is 12.1 Å². The summed E-state index contributed by atoms with van der Waals surface area (Å²) in [5.41, 5.74) is 0.906. The van der Waals surface area contributed by atoms with E-state index in [1.54, 1.807) is 25.1 Å². The highest BCUT2D eigenvalue weighted by atomic mass is 35.5. The molecule has 0 saturated heterocycles. The van der Waals surface area contributed by atoms with Gasteiger partial charge in [0.15, 0.2) is 0 Å². The van der Waals surface area contributed by atoms with E-state index in [4.69, 9.17) is 27.9 Å². The molecule has 1 rings (SSSR count). The Morgan fingerprint density at radius 3 is 2.65 bits per heavy atom. The highest BCUT2D eigenvalue weighted by Crippen LogP contribution is 2.32. The van der Waals surface area contributed by atoms with Gasteiger partial charge >= 0.3 is 0 Å². The summed E-state index contributed by atoms with van der Waals surface area (Å²) in [5, 5.41) is 4.11. The summed E-state index contributed by atoms with van der Waals surface area (Å²) in [4.78, 5) is 13.0. The largest absolute Gasteiger partial charge is 0.492 e. The van der Waals surface area contributed by atoms with E-state index in [0.29, 0.717) is 41.8 Å². The van der Waals surface area contributed by atoms with Crippen LogP contribution in [-0.4, -0.2) is 38.6 Å². The highest BCUT2D eigenvalue weighted by Gasteiger charge is 2.11. The highest BCUT2D eigenvalue weighted by molar-refractivity contribution is 6.35. The molecule has 1 amide bonds. The molecule has 0 fully saturated rings. The zero-order chi connectivity index (χ0) is 15.1. The summed E-state index contributed by atoms with van der Waals surface area (Å²) >= 11 is 12.1. The summed E-state index contributed by atoms with van der Waals surface area (Å²) in [5.74, 6) is 0.717. The molecule has 0 aliphatic heterocycles. The lowest BCUT2D eigenvalue weighted by Crippen LogP contribution is -2.21. The van der Waals surface area contributed by atoms with Crippen LogP contribution in [0.4, 0.5) is 0 Å². The third-order valence-electron chi connectivity index (χ3n) is 2.73. The molecule has 0 unspecified atom stereocenters. The number of carbonyl (C=O) groups is 1. The molecule has 0 aliphatic rings. The number of nitrogens with one attached hydrogen (secondary N) is 1. The number of hydrogen-bond donors (Lipinski definition) is 1. The first-order chi connectivity index (χ1) is 9.45. The molecular formula is C14H20Cl2N2O2. The first-order valence-electron chi connectivity index (χ1n) is 6.41. The lowest BCUT2D eigenvalue weighted by atomic mass is 10.2. The van der Waals surface area contributed by atoms with Crippen molar-refractivity contribution in [3.8, 4) is 5.75 Å². The van der Waals surface area contributed by atoms with Gasteiger partial charge in [0.05, 0.1) is 11.6 Å². The Balaban J connectivity index is 2.61. The molecule has 1 N–H and O–H groups in total. The first-order valence-corrected chi connectivity index (χ1v) is 7.16. The third kappa shape index (κ3) is 5.19. The fourth-order valence-corrected chi connectivity index (χ4v) is 2.31. The molecule has 20 heavy (non-hydrogen) atoms. The van der Waals surface area contributed by atoms with E-state index in [1.807, 2.05) is 13.1 Å². The predicted octanol–water partition coefficient (Wildman–Crippen LogP) is 2.96. The Hall–Kier alpha value is -0.970. The molecule has 0 spiro atoms. The number of benzene rings is 1. The molecule has 0 aromatic heterocycles. The van der Waals surface area contributed by atoms with Gasteiger partial charge in [0.25, 0.3) is 0 Å². The van der Waals surface area contributed by atoms with E-state index in [0.717, 1.165) is 5.56 Å². The Morgan fingerprint density at radius 1 is 1.35 bits per heavy atom. The van der Waals surface area contributed by atoms with Crippen LogP contribution in [-0.2, 0) is 11.3 Å². The zero-order valence-corrected chi connectivity index (χ0v) is 13.5. The van der Waals surface area contributed by atoms with Crippen LogP contribution in [0.5, 0.6) is 5.75 Å². The number of hydrogen-bond acceptors (Lipinski definition) is 3. The Kier molecular flexibility index (Phi) is 7.13. The molecule has 6 heteroatoms. The van der Waals surface area contributed by atoms with Gasteiger partial charge < -0.3 is 15.0 Å². The lowest BCUT2D eigenvalue weighted by molar-refractivity contribution is -0.128. The van der Waals surface area contributed by atoms with Crippen molar-refractivity contribution in [3.05, 3.63) is 27.7 Å². The van der Waals surface area contributed by atoms with Crippen molar-refractivity contribution in [1.82, 2.24) is 10.2 Å². The van der Waals surface area contributed by atoms with Gasteiger partial charge in [-0.25, -0.2) is 0 Å².